The summed E-state index contributed by atoms with van der Waals surface area (Å²) in [5, 5.41) is 14.8. The Morgan fingerprint density at radius 2 is 2.14 bits per heavy atom. The Morgan fingerprint density at radius 3 is 2.86 bits per heavy atom. The molecule has 2 amide bonds. The van der Waals surface area contributed by atoms with Crippen LogP contribution in [0.1, 0.15) is 18.4 Å². The summed E-state index contributed by atoms with van der Waals surface area (Å²) in [5.41, 5.74) is 1.71. The van der Waals surface area contributed by atoms with E-state index in [0.717, 1.165) is 37.2 Å². The smallest absolute Gasteiger partial charge is 0.341 e. The molecular weight excluding hydrogens is 286 g/mol. The maximum absolute atomic E-state index is 12.2. The van der Waals surface area contributed by atoms with E-state index in [1.165, 1.54) is 0 Å². The second kappa shape index (κ2) is 6.23. The van der Waals surface area contributed by atoms with Crippen LogP contribution in [0.3, 0.4) is 0 Å². The quantitative estimate of drug-likeness (QED) is 0.779. The number of urea groups is 1. The molecule has 7 nitrogen and oxygen atoms in total. The number of hydrogen-bond acceptors (Lipinski definition) is 4. The van der Waals surface area contributed by atoms with Crippen molar-refractivity contribution in [2.75, 3.05) is 25.0 Å². The highest BCUT2D eigenvalue weighted by Gasteiger charge is 2.29. The van der Waals surface area contributed by atoms with Crippen molar-refractivity contribution in [2.24, 2.45) is 0 Å². The van der Waals surface area contributed by atoms with Crippen molar-refractivity contribution in [3.05, 3.63) is 23.8 Å². The summed E-state index contributed by atoms with van der Waals surface area (Å²) in [5.74, 6) is -0.509. The predicted octanol–water partition coefficient (Wildman–Crippen LogP) is 1.25. The fourth-order valence-electron chi connectivity index (χ4n) is 2.91. The average Bonchev–Trinajstić information content (AvgIpc) is 2.53. The second-order valence-corrected chi connectivity index (χ2v) is 5.54. The Morgan fingerprint density at radius 1 is 1.36 bits per heavy atom. The van der Waals surface area contributed by atoms with Crippen LogP contribution in [0.15, 0.2) is 18.2 Å². The van der Waals surface area contributed by atoms with E-state index in [1.54, 1.807) is 18.2 Å². The maximum atomic E-state index is 12.2. The molecule has 0 aliphatic carbocycles. The summed E-state index contributed by atoms with van der Waals surface area (Å²) in [6, 6.07) is 5.38. The second-order valence-electron chi connectivity index (χ2n) is 5.54. The van der Waals surface area contributed by atoms with E-state index in [4.69, 9.17) is 9.84 Å². The molecule has 0 bridgehead atoms. The van der Waals surface area contributed by atoms with Gasteiger partial charge < -0.3 is 25.4 Å². The minimum atomic E-state index is -1.01. The third kappa shape index (κ3) is 3.14. The minimum absolute atomic E-state index is 0.0707. The van der Waals surface area contributed by atoms with Crippen molar-refractivity contribution in [3.63, 3.8) is 0 Å². The van der Waals surface area contributed by atoms with E-state index in [2.05, 4.69) is 10.6 Å². The van der Waals surface area contributed by atoms with Gasteiger partial charge in [0.15, 0.2) is 6.61 Å². The van der Waals surface area contributed by atoms with E-state index < -0.39 is 5.97 Å². The number of carboxylic acid groups (broad SMARTS) is 1. The fourth-order valence-corrected chi connectivity index (χ4v) is 2.91. The van der Waals surface area contributed by atoms with Gasteiger partial charge >= 0.3 is 12.0 Å². The molecule has 0 radical (unpaired) electrons. The standard InChI is InChI=1S/C15H19N3O4/c19-14(20)9-22-12-1-2-13-10(7-12)8-18(15(21)17-13)11-3-5-16-6-4-11/h1-2,7,11,16H,3-6,8-9H2,(H,17,21)(H,19,20). The van der Waals surface area contributed by atoms with Gasteiger partial charge in [-0.2, -0.15) is 0 Å². The van der Waals surface area contributed by atoms with Gasteiger partial charge in [-0.15, -0.1) is 0 Å². The first-order chi connectivity index (χ1) is 10.6. The Labute approximate surface area is 128 Å². The molecule has 2 aliphatic rings. The molecule has 1 aromatic rings. The molecule has 0 unspecified atom stereocenters. The lowest BCUT2D eigenvalue weighted by Gasteiger charge is -2.38. The van der Waals surface area contributed by atoms with E-state index in [-0.39, 0.29) is 18.7 Å². The number of carboxylic acids is 1. The van der Waals surface area contributed by atoms with Crippen LogP contribution in [0.4, 0.5) is 10.5 Å². The number of amides is 2. The number of piperidine rings is 1. The van der Waals surface area contributed by atoms with Crippen LogP contribution in [0.5, 0.6) is 5.75 Å². The number of fused-ring (bicyclic) bond motifs is 1. The zero-order valence-electron chi connectivity index (χ0n) is 12.2. The number of carbonyl (C=O) groups is 2. The van der Waals surface area contributed by atoms with Crippen LogP contribution < -0.4 is 15.4 Å². The number of benzene rings is 1. The molecule has 118 valence electrons. The highest BCUT2D eigenvalue weighted by molar-refractivity contribution is 5.92. The molecule has 3 N–H and O–H groups in total. The molecule has 0 spiro atoms. The van der Waals surface area contributed by atoms with Gasteiger partial charge in [0.1, 0.15) is 5.75 Å². The fraction of sp³-hybridized carbons (Fsp3) is 0.467. The Bertz CT molecular complexity index is 584. The van der Waals surface area contributed by atoms with Gasteiger partial charge in [-0.05, 0) is 49.7 Å². The van der Waals surface area contributed by atoms with Crippen LogP contribution in [0.2, 0.25) is 0 Å². The maximum Gasteiger partial charge on any atom is 0.341 e. The van der Waals surface area contributed by atoms with Crippen LogP contribution >= 0.6 is 0 Å². The number of carbonyl (C=O) groups excluding carboxylic acids is 1. The monoisotopic (exact) mass is 305 g/mol. The Kier molecular flexibility index (Phi) is 4.15. The van der Waals surface area contributed by atoms with Gasteiger partial charge in [0.05, 0.1) is 0 Å². The Balaban J connectivity index is 1.75. The summed E-state index contributed by atoms with van der Waals surface area (Å²) < 4.78 is 5.20. The lowest BCUT2D eigenvalue weighted by molar-refractivity contribution is -0.139. The van der Waals surface area contributed by atoms with Crippen LogP contribution in [0.25, 0.3) is 0 Å². The van der Waals surface area contributed by atoms with Crippen LogP contribution in [-0.2, 0) is 11.3 Å². The number of anilines is 1. The molecule has 22 heavy (non-hydrogen) atoms. The third-order valence-corrected chi connectivity index (χ3v) is 4.03. The molecule has 2 aliphatic heterocycles. The summed E-state index contributed by atoms with van der Waals surface area (Å²) in [6.07, 6.45) is 1.88. The van der Waals surface area contributed by atoms with Crippen molar-refractivity contribution in [1.29, 1.82) is 0 Å². The first-order valence-corrected chi connectivity index (χ1v) is 7.39. The van der Waals surface area contributed by atoms with Gasteiger partial charge in [0.2, 0.25) is 0 Å². The van der Waals surface area contributed by atoms with Gasteiger partial charge in [-0.1, -0.05) is 0 Å². The highest BCUT2D eigenvalue weighted by Crippen LogP contribution is 2.29. The molecular formula is C15H19N3O4. The third-order valence-electron chi connectivity index (χ3n) is 4.03. The molecule has 1 saturated heterocycles. The predicted molar refractivity (Wildman–Crippen MR) is 80.0 cm³/mol. The summed E-state index contributed by atoms with van der Waals surface area (Å²) in [7, 11) is 0. The van der Waals surface area contributed by atoms with Crippen molar-refractivity contribution in [2.45, 2.75) is 25.4 Å². The van der Waals surface area contributed by atoms with Gasteiger partial charge in [-0.3, -0.25) is 0 Å². The molecule has 0 saturated carbocycles. The molecule has 1 fully saturated rings. The number of aliphatic carboxylic acids is 1. The topological polar surface area (TPSA) is 90.9 Å². The van der Waals surface area contributed by atoms with Gasteiger partial charge in [0, 0.05) is 18.3 Å². The highest BCUT2D eigenvalue weighted by atomic mass is 16.5. The number of hydrogen-bond donors (Lipinski definition) is 3. The van der Waals surface area contributed by atoms with Crippen molar-refractivity contribution in [3.8, 4) is 5.75 Å². The zero-order chi connectivity index (χ0) is 15.5. The van der Waals surface area contributed by atoms with E-state index in [0.29, 0.717) is 12.3 Å². The number of ether oxygens (including phenoxy) is 1. The van der Waals surface area contributed by atoms with Gasteiger partial charge in [0.25, 0.3) is 0 Å². The van der Waals surface area contributed by atoms with Crippen molar-refractivity contribution >= 4 is 17.7 Å². The van der Waals surface area contributed by atoms with E-state index in [9.17, 15) is 9.59 Å². The lowest BCUT2D eigenvalue weighted by atomic mass is 10.0. The van der Waals surface area contributed by atoms with E-state index >= 15 is 0 Å². The number of rotatable bonds is 4. The van der Waals surface area contributed by atoms with E-state index in [1.807, 2.05) is 4.90 Å². The first-order valence-electron chi connectivity index (χ1n) is 7.39. The van der Waals surface area contributed by atoms with Crippen LogP contribution in [-0.4, -0.2) is 47.7 Å². The summed E-state index contributed by atoms with van der Waals surface area (Å²) in [6.45, 7) is 1.99. The van der Waals surface area contributed by atoms with Gasteiger partial charge in [-0.25, -0.2) is 9.59 Å². The molecule has 0 aromatic heterocycles. The number of nitrogens with one attached hydrogen (secondary N) is 2. The molecule has 1 aromatic carbocycles. The molecule has 7 heteroatoms. The van der Waals surface area contributed by atoms with Crippen LogP contribution in [0, 0.1) is 0 Å². The zero-order valence-corrected chi connectivity index (χ0v) is 12.2. The first kappa shape index (κ1) is 14.6. The molecule has 2 heterocycles. The lowest BCUT2D eigenvalue weighted by Crippen LogP contribution is -2.49. The summed E-state index contributed by atoms with van der Waals surface area (Å²) in [4.78, 5) is 24.7. The largest absolute Gasteiger partial charge is 0.482 e. The SMILES string of the molecule is O=C(O)COc1ccc2c(c1)CN(C1CCNCC1)C(=O)N2. The van der Waals surface area contributed by atoms with Crippen molar-refractivity contribution in [1.82, 2.24) is 10.2 Å². The molecule has 3 rings (SSSR count). The van der Waals surface area contributed by atoms with Crippen molar-refractivity contribution < 1.29 is 19.4 Å². The summed E-state index contributed by atoms with van der Waals surface area (Å²) >= 11 is 0. The number of nitrogens with zero attached hydrogens (tertiary/aromatic N) is 1. The molecule has 0 atom stereocenters. The Hall–Kier alpha value is -2.28. The normalized spacial score (nSPS) is 18.5. The average molecular weight is 305 g/mol. The minimum Gasteiger partial charge on any atom is -0.482 e.